The molecule has 1 saturated heterocycles. The van der Waals surface area contributed by atoms with Crippen LogP contribution >= 0.6 is 0 Å². The lowest BCUT2D eigenvalue weighted by molar-refractivity contribution is 0.0259. The van der Waals surface area contributed by atoms with Gasteiger partial charge in [-0.15, -0.1) is 0 Å². The molecule has 1 fully saturated rings. The lowest BCUT2D eigenvalue weighted by Gasteiger charge is -2.30. The highest BCUT2D eigenvalue weighted by atomic mass is 19.1. The van der Waals surface area contributed by atoms with Crippen LogP contribution in [0.2, 0.25) is 0 Å². The fourth-order valence-electron chi connectivity index (χ4n) is 4.40. The van der Waals surface area contributed by atoms with Gasteiger partial charge >= 0.3 is 6.09 Å². The zero-order chi connectivity index (χ0) is 28.7. The van der Waals surface area contributed by atoms with Gasteiger partial charge in [-0.25, -0.2) is 14.2 Å². The fraction of sp³-hybridized carbons (Fsp3) is 0.400. The molecule has 0 radical (unpaired) electrons. The minimum Gasteiger partial charge on any atom is -0.497 e. The molecule has 1 unspecified atom stereocenters. The molecule has 2 heterocycles. The van der Waals surface area contributed by atoms with Crippen LogP contribution in [0, 0.1) is 5.82 Å². The number of anilines is 2. The van der Waals surface area contributed by atoms with Gasteiger partial charge in [-0.3, -0.25) is 5.32 Å². The van der Waals surface area contributed by atoms with Crippen LogP contribution in [0.3, 0.4) is 0 Å². The van der Waals surface area contributed by atoms with Crippen LogP contribution in [0.15, 0.2) is 54.7 Å². The quantitative estimate of drug-likeness (QED) is 0.362. The highest BCUT2D eigenvalue weighted by Gasteiger charge is 2.29. The second kappa shape index (κ2) is 13.0. The van der Waals surface area contributed by atoms with Crippen molar-refractivity contribution in [3.8, 4) is 11.5 Å². The molecule has 1 aliphatic heterocycles. The van der Waals surface area contributed by atoms with E-state index in [1.165, 1.54) is 6.20 Å². The van der Waals surface area contributed by atoms with Gasteiger partial charge in [-0.05, 0) is 56.2 Å². The summed E-state index contributed by atoms with van der Waals surface area (Å²) in [4.78, 5) is 19.0. The Labute approximate surface area is 234 Å². The van der Waals surface area contributed by atoms with E-state index in [0.29, 0.717) is 32.8 Å². The zero-order valence-electron chi connectivity index (χ0n) is 23.6. The number of benzene rings is 2. The first-order chi connectivity index (χ1) is 19.2. The topological polar surface area (TPSA) is 94.2 Å². The molecule has 3 aromatic rings. The van der Waals surface area contributed by atoms with Crippen molar-refractivity contribution in [1.29, 1.82) is 0 Å². The number of aromatic nitrogens is 1. The molecule has 1 atom stereocenters. The van der Waals surface area contributed by atoms with E-state index in [4.69, 9.17) is 18.9 Å². The van der Waals surface area contributed by atoms with Gasteiger partial charge in [-0.1, -0.05) is 24.3 Å². The maximum absolute atomic E-state index is 16.6. The lowest BCUT2D eigenvalue weighted by Crippen LogP contribution is -2.35. The van der Waals surface area contributed by atoms with Crippen LogP contribution in [0.1, 0.15) is 43.6 Å². The summed E-state index contributed by atoms with van der Waals surface area (Å²) in [6, 6.07) is 15.2. The van der Waals surface area contributed by atoms with Crippen molar-refractivity contribution in [2.24, 2.45) is 0 Å². The molecule has 10 heteroatoms. The number of morpholine rings is 1. The predicted molar refractivity (Wildman–Crippen MR) is 151 cm³/mol. The Kier molecular flexibility index (Phi) is 9.44. The standard InChI is InChI=1S/C30H37FN4O5/c1-30(2,3)40-29(36)34-24-16-33-28(27(31)26(24)25-17-32-14-15-39-25)35(18-20-6-10-22(37-4)11-7-20)19-21-8-12-23(38-5)13-9-21/h6-13,16,25,32H,14-15,17-19H2,1-5H3,(H,34,36). The molecular formula is C30H37FN4O5. The summed E-state index contributed by atoms with van der Waals surface area (Å²) < 4.78 is 38.5. The van der Waals surface area contributed by atoms with Gasteiger partial charge in [0.15, 0.2) is 11.6 Å². The van der Waals surface area contributed by atoms with Crippen molar-refractivity contribution in [2.45, 2.75) is 45.6 Å². The summed E-state index contributed by atoms with van der Waals surface area (Å²) in [5.41, 5.74) is 1.61. The van der Waals surface area contributed by atoms with Crippen molar-refractivity contribution >= 4 is 17.6 Å². The van der Waals surface area contributed by atoms with Gasteiger partial charge in [-0.2, -0.15) is 0 Å². The number of hydrogen-bond acceptors (Lipinski definition) is 8. The Morgan fingerprint density at radius 1 is 1.05 bits per heavy atom. The van der Waals surface area contributed by atoms with Crippen molar-refractivity contribution in [2.75, 3.05) is 44.1 Å². The predicted octanol–water partition coefficient (Wildman–Crippen LogP) is 5.45. The van der Waals surface area contributed by atoms with E-state index in [1.807, 2.05) is 53.4 Å². The second-order valence-electron chi connectivity index (χ2n) is 10.5. The molecule has 40 heavy (non-hydrogen) atoms. The SMILES string of the molecule is COc1ccc(CN(Cc2ccc(OC)cc2)c2ncc(NC(=O)OC(C)(C)C)c(C3CNCCO3)c2F)cc1. The Balaban J connectivity index is 1.73. The minimum atomic E-state index is -0.716. The highest BCUT2D eigenvalue weighted by Crippen LogP contribution is 2.35. The monoisotopic (exact) mass is 552 g/mol. The number of carbonyl (C=O) groups is 1. The van der Waals surface area contributed by atoms with Gasteiger partial charge in [0.1, 0.15) is 23.2 Å². The van der Waals surface area contributed by atoms with E-state index in [1.54, 1.807) is 35.0 Å². The van der Waals surface area contributed by atoms with E-state index < -0.39 is 23.6 Å². The molecule has 0 saturated carbocycles. The number of rotatable bonds is 9. The molecule has 214 valence electrons. The molecule has 0 bridgehead atoms. The van der Waals surface area contributed by atoms with Gasteiger partial charge in [0, 0.05) is 31.7 Å². The number of nitrogens with one attached hydrogen (secondary N) is 2. The highest BCUT2D eigenvalue weighted by molar-refractivity contribution is 5.86. The molecule has 0 spiro atoms. The van der Waals surface area contributed by atoms with Crippen molar-refractivity contribution in [3.05, 3.63) is 77.2 Å². The van der Waals surface area contributed by atoms with Crippen molar-refractivity contribution in [1.82, 2.24) is 10.3 Å². The summed E-state index contributed by atoms with van der Waals surface area (Å²) in [6.45, 7) is 7.50. The molecule has 2 N–H and O–H groups in total. The van der Waals surface area contributed by atoms with E-state index >= 15 is 4.39 Å². The molecule has 1 aliphatic rings. The van der Waals surface area contributed by atoms with Crippen LogP contribution in [-0.2, 0) is 22.6 Å². The van der Waals surface area contributed by atoms with Crippen LogP contribution in [0.25, 0.3) is 0 Å². The van der Waals surface area contributed by atoms with Gasteiger partial charge in [0.2, 0.25) is 0 Å². The van der Waals surface area contributed by atoms with Crippen LogP contribution in [0.4, 0.5) is 20.7 Å². The third kappa shape index (κ3) is 7.61. The third-order valence-corrected chi connectivity index (χ3v) is 6.29. The van der Waals surface area contributed by atoms with E-state index in [2.05, 4.69) is 15.6 Å². The Morgan fingerprint density at radius 2 is 1.62 bits per heavy atom. The smallest absolute Gasteiger partial charge is 0.412 e. The summed E-state index contributed by atoms with van der Waals surface area (Å²) >= 11 is 0. The number of methoxy groups -OCH3 is 2. The minimum absolute atomic E-state index is 0.144. The molecule has 0 aliphatic carbocycles. The maximum Gasteiger partial charge on any atom is 0.412 e. The molecular weight excluding hydrogens is 515 g/mol. The molecule has 4 rings (SSSR count). The largest absolute Gasteiger partial charge is 0.497 e. The number of carbonyl (C=O) groups excluding carboxylic acids is 1. The lowest BCUT2D eigenvalue weighted by atomic mass is 10.1. The summed E-state index contributed by atoms with van der Waals surface area (Å²) in [7, 11) is 3.22. The van der Waals surface area contributed by atoms with Crippen molar-refractivity contribution in [3.63, 3.8) is 0 Å². The molecule has 9 nitrogen and oxygen atoms in total. The number of ether oxygens (including phenoxy) is 4. The Hall–Kier alpha value is -3.89. The summed E-state index contributed by atoms with van der Waals surface area (Å²) in [5.74, 6) is 1.04. The summed E-state index contributed by atoms with van der Waals surface area (Å²) in [5, 5.41) is 5.91. The number of pyridine rings is 1. The van der Waals surface area contributed by atoms with Crippen LogP contribution in [-0.4, -0.2) is 50.6 Å². The first-order valence-electron chi connectivity index (χ1n) is 13.2. The second-order valence-corrected chi connectivity index (χ2v) is 10.5. The number of hydrogen-bond donors (Lipinski definition) is 2. The average Bonchev–Trinajstić information content (AvgIpc) is 2.93. The molecule has 1 amide bonds. The van der Waals surface area contributed by atoms with E-state index in [9.17, 15) is 4.79 Å². The van der Waals surface area contributed by atoms with Crippen molar-refractivity contribution < 1.29 is 28.1 Å². The normalized spacial score (nSPS) is 15.3. The number of nitrogens with zero attached hydrogens (tertiary/aromatic N) is 2. The van der Waals surface area contributed by atoms with Gasteiger partial charge in [0.05, 0.1) is 32.7 Å². The number of halogens is 1. The third-order valence-electron chi connectivity index (χ3n) is 6.29. The van der Waals surface area contributed by atoms with E-state index in [-0.39, 0.29) is 17.1 Å². The first-order valence-corrected chi connectivity index (χ1v) is 13.2. The number of amides is 1. The molecule has 2 aromatic carbocycles. The summed E-state index contributed by atoms with van der Waals surface area (Å²) in [6.07, 6.45) is 0.147. The van der Waals surface area contributed by atoms with Gasteiger partial charge < -0.3 is 29.2 Å². The Bertz CT molecular complexity index is 1220. The maximum atomic E-state index is 16.6. The Morgan fingerprint density at radius 3 is 2.10 bits per heavy atom. The van der Waals surface area contributed by atoms with Gasteiger partial charge in [0.25, 0.3) is 0 Å². The van der Waals surface area contributed by atoms with Crippen LogP contribution < -0.4 is 25.0 Å². The first kappa shape index (κ1) is 29.1. The average molecular weight is 553 g/mol. The zero-order valence-corrected chi connectivity index (χ0v) is 23.6. The molecule has 1 aromatic heterocycles. The fourth-order valence-corrected chi connectivity index (χ4v) is 4.40. The van der Waals surface area contributed by atoms with Crippen LogP contribution in [0.5, 0.6) is 11.5 Å². The van der Waals surface area contributed by atoms with E-state index in [0.717, 1.165) is 22.6 Å².